The third-order valence-electron chi connectivity index (χ3n) is 5.65. The second-order valence-corrected chi connectivity index (χ2v) is 9.99. The van der Waals surface area contributed by atoms with Crippen LogP contribution < -0.4 is 5.32 Å². The van der Waals surface area contributed by atoms with Crippen LogP contribution in [0.2, 0.25) is 0 Å². The van der Waals surface area contributed by atoms with Crippen molar-refractivity contribution in [1.82, 2.24) is 5.32 Å². The van der Waals surface area contributed by atoms with Crippen molar-refractivity contribution in [2.75, 3.05) is 6.61 Å². The molecular formula is C26H31NO6. The highest BCUT2D eigenvalue weighted by Crippen LogP contribution is 2.44. The maximum absolute atomic E-state index is 12.6. The summed E-state index contributed by atoms with van der Waals surface area (Å²) in [5.41, 5.74) is 2.54. The first kappa shape index (κ1) is 24.3. The number of ether oxygens (including phenoxy) is 2. The molecule has 0 saturated heterocycles. The van der Waals surface area contributed by atoms with Gasteiger partial charge < -0.3 is 19.9 Å². The van der Waals surface area contributed by atoms with Crippen LogP contribution in [0.4, 0.5) is 4.79 Å². The molecule has 1 aliphatic rings. The molecule has 1 unspecified atom stereocenters. The summed E-state index contributed by atoms with van der Waals surface area (Å²) in [5.74, 6) is -1.92. The van der Waals surface area contributed by atoms with Gasteiger partial charge in [0.25, 0.3) is 0 Å². The second-order valence-electron chi connectivity index (χ2n) is 9.99. The Morgan fingerprint density at radius 2 is 1.45 bits per heavy atom. The number of carbonyl (C=O) groups is 3. The summed E-state index contributed by atoms with van der Waals surface area (Å²) in [4.78, 5) is 36.8. The number of benzene rings is 2. The molecule has 1 aliphatic carbocycles. The third-order valence-corrected chi connectivity index (χ3v) is 5.65. The van der Waals surface area contributed by atoms with E-state index in [-0.39, 0.29) is 18.9 Å². The fraction of sp³-hybridized carbons (Fsp3) is 0.423. The van der Waals surface area contributed by atoms with E-state index >= 15 is 0 Å². The number of esters is 1. The van der Waals surface area contributed by atoms with Gasteiger partial charge in [-0.05, 0) is 43.0 Å². The molecule has 2 N–H and O–H groups in total. The monoisotopic (exact) mass is 453 g/mol. The molecule has 7 nitrogen and oxygen atoms in total. The predicted molar refractivity (Wildman–Crippen MR) is 124 cm³/mol. The number of amides is 1. The number of hydrogen-bond donors (Lipinski definition) is 2. The van der Waals surface area contributed by atoms with Gasteiger partial charge in [0.05, 0.1) is 6.42 Å². The lowest BCUT2D eigenvalue weighted by molar-refractivity contribution is -0.158. The Kier molecular flexibility index (Phi) is 6.81. The van der Waals surface area contributed by atoms with Crippen molar-refractivity contribution in [2.45, 2.75) is 58.6 Å². The quantitative estimate of drug-likeness (QED) is 0.588. The van der Waals surface area contributed by atoms with Gasteiger partial charge in [-0.3, -0.25) is 4.79 Å². The van der Waals surface area contributed by atoms with Gasteiger partial charge in [0.15, 0.2) is 0 Å². The average molecular weight is 454 g/mol. The van der Waals surface area contributed by atoms with Crippen LogP contribution in [0, 0.1) is 5.41 Å². The lowest BCUT2D eigenvalue weighted by Crippen LogP contribution is -2.51. The highest BCUT2D eigenvalue weighted by Gasteiger charge is 2.40. The van der Waals surface area contributed by atoms with Crippen LogP contribution in [0.25, 0.3) is 11.1 Å². The Hall–Kier alpha value is -3.35. The van der Waals surface area contributed by atoms with Gasteiger partial charge in [-0.2, -0.15) is 0 Å². The van der Waals surface area contributed by atoms with Crippen molar-refractivity contribution in [3.63, 3.8) is 0 Å². The Labute approximate surface area is 194 Å². The molecule has 0 heterocycles. The van der Waals surface area contributed by atoms with Crippen molar-refractivity contribution in [1.29, 1.82) is 0 Å². The van der Waals surface area contributed by atoms with Crippen molar-refractivity contribution in [3.05, 3.63) is 59.7 Å². The molecule has 0 fully saturated rings. The molecule has 0 spiro atoms. The van der Waals surface area contributed by atoms with Crippen LogP contribution in [-0.4, -0.2) is 41.4 Å². The number of nitrogens with one attached hydrogen (secondary N) is 1. The van der Waals surface area contributed by atoms with Crippen molar-refractivity contribution < 1.29 is 29.0 Å². The fourth-order valence-corrected chi connectivity index (χ4v) is 4.20. The lowest BCUT2D eigenvalue weighted by Gasteiger charge is -2.32. The van der Waals surface area contributed by atoms with Crippen LogP contribution in [0.3, 0.4) is 0 Å². The van der Waals surface area contributed by atoms with E-state index < -0.39 is 35.1 Å². The maximum Gasteiger partial charge on any atom is 0.407 e. The average Bonchev–Trinajstić information content (AvgIpc) is 3.02. The first-order valence-corrected chi connectivity index (χ1v) is 11.0. The summed E-state index contributed by atoms with van der Waals surface area (Å²) in [6.45, 7) is 8.47. The molecule has 3 rings (SSSR count). The van der Waals surface area contributed by atoms with Gasteiger partial charge in [-0.1, -0.05) is 62.4 Å². The topological polar surface area (TPSA) is 102 Å². The molecule has 7 heteroatoms. The summed E-state index contributed by atoms with van der Waals surface area (Å²) in [6.07, 6.45) is -1.02. The molecule has 0 radical (unpaired) electrons. The van der Waals surface area contributed by atoms with Crippen LogP contribution in [-0.2, 0) is 19.1 Å². The minimum absolute atomic E-state index is 0.0681. The fourth-order valence-electron chi connectivity index (χ4n) is 4.20. The summed E-state index contributed by atoms with van der Waals surface area (Å²) >= 11 is 0. The minimum Gasteiger partial charge on any atom is -0.480 e. The molecule has 0 aromatic heterocycles. The molecule has 1 amide bonds. The number of fused-ring (bicyclic) bond motifs is 3. The molecule has 2 aromatic carbocycles. The van der Waals surface area contributed by atoms with Crippen LogP contribution in [0.1, 0.15) is 58.1 Å². The normalized spacial score (nSPS) is 14.1. The highest BCUT2D eigenvalue weighted by atomic mass is 16.6. The number of carboxylic acid groups (broad SMARTS) is 1. The van der Waals surface area contributed by atoms with E-state index in [2.05, 4.69) is 5.32 Å². The zero-order valence-corrected chi connectivity index (χ0v) is 19.7. The number of aliphatic carboxylic acids is 1. The summed E-state index contributed by atoms with van der Waals surface area (Å²) in [6, 6.07) is 14.6. The van der Waals surface area contributed by atoms with Gasteiger partial charge in [0.2, 0.25) is 0 Å². The summed E-state index contributed by atoms with van der Waals surface area (Å²) in [7, 11) is 0. The Balaban J connectivity index is 1.68. The molecule has 176 valence electrons. The molecule has 2 aromatic rings. The molecule has 1 atom stereocenters. The summed E-state index contributed by atoms with van der Waals surface area (Å²) in [5, 5.41) is 12.1. The Bertz CT molecular complexity index is 1010. The number of alkyl carbamates (subject to hydrolysis) is 1. The zero-order valence-electron chi connectivity index (χ0n) is 19.7. The molecule has 0 bridgehead atoms. The predicted octanol–water partition coefficient (Wildman–Crippen LogP) is 4.74. The van der Waals surface area contributed by atoms with E-state index in [1.807, 2.05) is 48.5 Å². The molecule has 0 aliphatic heterocycles. The van der Waals surface area contributed by atoms with E-state index in [9.17, 15) is 19.5 Å². The molecular weight excluding hydrogens is 422 g/mol. The second kappa shape index (κ2) is 9.25. The third kappa shape index (κ3) is 5.72. The zero-order chi connectivity index (χ0) is 24.4. The highest BCUT2D eigenvalue weighted by molar-refractivity contribution is 5.82. The van der Waals surface area contributed by atoms with E-state index in [4.69, 9.17) is 9.47 Å². The van der Waals surface area contributed by atoms with Crippen molar-refractivity contribution in [2.24, 2.45) is 5.41 Å². The van der Waals surface area contributed by atoms with Crippen LogP contribution in [0.15, 0.2) is 48.5 Å². The standard InChI is InChI=1S/C26H31NO6/c1-25(2,3)33-21(28)14-26(4,5)22(23(29)30)27-24(31)32-15-20-18-12-8-6-10-16(18)17-11-7-9-13-19(17)20/h6-13,20,22H,14-15H2,1-5H3,(H,27,31)(H,29,30). The maximum atomic E-state index is 12.6. The van der Waals surface area contributed by atoms with Gasteiger partial charge >= 0.3 is 18.0 Å². The first-order valence-electron chi connectivity index (χ1n) is 11.0. The minimum atomic E-state index is -1.33. The van der Waals surface area contributed by atoms with Crippen LogP contribution in [0.5, 0.6) is 0 Å². The SMILES string of the molecule is CC(C)(C)OC(=O)CC(C)(C)C(NC(=O)OCC1c2ccccc2-c2ccccc21)C(=O)O. The van der Waals surface area contributed by atoms with E-state index in [1.54, 1.807) is 34.6 Å². The van der Waals surface area contributed by atoms with E-state index in [0.29, 0.717) is 0 Å². The Morgan fingerprint density at radius 1 is 0.939 bits per heavy atom. The van der Waals surface area contributed by atoms with Crippen molar-refractivity contribution in [3.8, 4) is 11.1 Å². The largest absolute Gasteiger partial charge is 0.480 e. The number of rotatable bonds is 7. The number of carboxylic acids is 1. The summed E-state index contributed by atoms with van der Waals surface area (Å²) < 4.78 is 10.8. The lowest BCUT2D eigenvalue weighted by atomic mass is 9.81. The van der Waals surface area contributed by atoms with Crippen LogP contribution >= 0.6 is 0 Å². The van der Waals surface area contributed by atoms with Gasteiger partial charge in [0, 0.05) is 11.3 Å². The molecule has 33 heavy (non-hydrogen) atoms. The van der Waals surface area contributed by atoms with E-state index in [0.717, 1.165) is 22.3 Å². The number of carbonyl (C=O) groups excluding carboxylic acids is 2. The van der Waals surface area contributed by atoms with Gasteiger partial charge in [-0.15, -0.1) is 0 Å². The van der Waals surface area contributed by atoms with Gasteiger partial charge in [0.1, 0.15) is 18.2 Å². The van der Waals surface area contributed by atoms with Crippen molar-refractivity contribution >= 4 is 18.0 Å². The van der Waals surface area contributed by atoms with E-state index in [1.165, 1.54) is 0 Å². The molecule has 0 saturated carbocycles. The first-order chi connectivity index (χ1) is 15.4. The smallest absolute Gasteiger partial charge is 0.407 e. The van der Waals surface area contributed by atoms with Gasteiger partial charge in [-0.25, -0.2) is 9.59 Å². The number of hydrogen-bond acceptors (Lipinski definition) is 5. The Morgan fingerprint density at radius 3 is 1.94 bits per heavy atom.